The van der Waals surface area contributed by atoms with E-state index in [-0.39, 0.29) is 5.75 Å². The number of phenols is 1. The monoisotopic (exact) mass is 350 g/mol. The number of nitrogens with zero attached hydrogens (tertiary/aromatic N) is 1. The highest BCUT2D eigenvalue weighted by molar-refractivity contribution is 9.11. The van der Waals surface area contributed by atoms with Gasteiger partial charge in [0.25, 0.3) is 0 Å². The minimum atomic E-state index is -0.676. The quantitative estimate of drug-likeness (QED) is 0.635. The van der Waals surface area contributed by atoms with E-state index in [2.05, 4.69) is 47.1 Å². The van der Waals surface area contributed by atoms with E-state index in [1.807, 2.05) is 0 Å². The maximum absolute atomic E-state index is 10.7. The van der Waals surface area contributed by atoms with Crippen molar-refractivity contribution in [3.05, 3.63) is 26.6 Å². The van der Waals surface area contributed by atoms with Crippen molar-refractivity contribution in [3.63, 3.8) is 0 Å². The number of rotatable bonds is 2. The Labute approximate surface area is 109 Å². The van der Waals surface area contributed by atoms with Crippen molar-refractivity contribution in [1.29, 1.82) is 0 Å². The molecule has 1 aromatic carbocycles. The highest BCUT2D eigenvalue weighted by Gasteiger charge is 2.05. The first kappa shape index (κ1) is 13.0. The molecule has 1 amide bonds. The van der Waals surface area contributed by atoms with Crippen LogP contribution in [0.4, 0.5) is 4.79 Å². The molecule has 2 N–H and O–H groups in total. The number of hydrogen-bond acceptors (Lipinski definition) is 4. The first-order chi connectivity index (χ1) is 7.54. The predicted octanol–water partition coefficient (Wildman–Crippen LogP) is 2.61. The number of ether oxygens (including phenoxy) is 1. The number of carbonyl (C=O) groups excluding carboxylic acids is 1. The normalized spacial score (nSPS) is 10.4. The van der Waals surface area contributed by atoms with Crippen LogP contribution in [0.15, 0.2) is 26.2 Å². The fourth-order valence-electron chi connectivity index (χ4n) is 0.884. The largest absolute Gasteiger partial charge is 0.506 e. The molecule has 0 aromatic heterocycles. The zero-order chi connectivity index (χ0) is 12.1. The molecule has 0 aliphatic heterocycles. The van der Waals surface area contributed by atoms with E-state index >= 15 is 0 Å². The van der Waals surface area contributed by atoms with Crippen LogP contribution in [-0.4, -0.2) is 24.5 Å². The standard InChI is InChI=1S/C9H8Br2N2O3/c1-16-9(15)13-12-4-5-2-6(10)3-7(11)8(5)14/h2-4,14H,1H3,(H,13,15)/b12-4+. The molecule has 0 saturated heterocycles. The molecule has 7 heteroatoms. The Balaban J connectivity index is 2.85. The molecule has 0 fully saturated rings. The molecule has 86 valence electrons. The third-order valence-corrected chi connectivity index (χ3v) is 2.66. The number of carbonyl (C=O) groups is 1. The number of aromatic hydroxyl groups is 1. The molecule has 1 aromatic rings. The van der Waals surface area contributed by atoms with Gasteiger partial charge < -0.3 is 9.84 Å². The molecular formula is C9H8Br2N2O3. The number of methoxy groups -OCH3 is 1. The van der Waals surface area contributed by atoms with Crippen LogP contribution in [0, 0.1) is 0 Å². The number of nitrogens with one attached hydrogen (secondary N) is 1. The van der Waals surface area contributed by atoms with Crippen LogP contribution >= 0.6 is 31.9 Å². The van der Waals surface area contributed by atoms with E-state index in [9.17, 15) is 9.90 Å². The lowest BCUT2D eigenvalue weighted by molar-refractivity contribution is 0.171. The Morgan fingerprint density at radius 2 is 2.25 bits per heavy atom. The van der Waals surface area contributed by atoms with Crippen molar-refractivity contribution in [2.45, 2.75) is 0 Å². The first-order valence-corrected chi connectivity index (χ1v) is 5.68. The number of halogens is 2. The Morgan fingerprint density at radius 3 is 2.88 bits per heavy atom. The second kappa shape index (κ2) is 5.86. The summed E-state index contributed by atoms with van der Waals surface area (Å²) in [6.45, 7) is 0. The van der Waals surface area contributed by atoms with Crippen LogP contribution in [0.1, 0.15) is 5.56 Å². The lowest BCUT2D eigenvalue weighted by atomic mass is 10.2. The fraction of sp³-hybridized carbons (Fsp3) is 0.111. The Bertz CT molecular complexity index is 435. The van der Waals surface area contributed by atoms with Crippen LogP contribution in [0.25, 0.3) is 0 Å². The fourth-order valence-corrected chi connectivity index (χ4v) is 2.14. The Morgan fingerprint density at radius 1 is 1.56 bits per heavy atom. The molecule has 0 bridgehead atoms. The van der Waals surface area contributed by atoms with Gasteiger partial charge in [0.05, 0.1) is 17.8 Å². The van der Waals surface area contributed by atoms with Gasteiger partial charge in [-0.3, -0.25) is 0 Å². The third-order valence-electron chi connectivity index (χ3n) is 1.60. The number of hydrogen-bond donors (Lipinski definition) is 2. The van der Waals surface area contributed by atoms with Crippen LogP contribution in [0.5, 0.6) is 5.75 Å². The molecule has 5 nitrogen and oxygen atoms in total. The zero-order valence-electron chi connectivity index (χ0n) is 8.20. The number of amides is 1. The van der Waals surface area contributed by atoms with E-state index in [0.29, 0.717) is 10.0 Å². The van der Waals surface area contributed by atoms with Crippen LogP contribution in [0.3, 0.4) is 0 Å². The molecule has 0 radical (unpaired) electrons. The average Bonchev–Trinajstić information content (AvgIpc) is 2.24. The van der Waals surface area contributed by atoms with E-state index in [4.69, 9.17) is 0 Å². The molecule has 1 rings (SSSR count). The van der Waals surface area contributed by atoms with Gasteiger partial charge >= 0.3 is 6.09 Å². The van der Waals surface area contributed by atoms with Crippen molar-refractivity contribution in [2.24, 2.45) is 5.10 Å². The molecule has 0 heterocycles. The van der Waals surface area contributed by atoms with Crippen LogP contribution < -0.4 is 5.43 Å². The van der Waals surface area contributed by atoms with Gasteiger partial charge in [0.2, 0.25) is 0 Å². The summed E-state index contributed by atoms with van der Waals surface area (Å²) in [5.74, 6) is 0.0404. The number of benzene rings is 1. The van der Waals surface area contributed by atoms with E-state index in [1.54, 1.807) is 12.1 Å². The maximum atomic E-state index is 10.7. The highest BCUT2D eigenvalue weighted by Crippen LogP contribution is 2.30. The van der Waals surface area contributed by atoms with E-state index < -0.39 is 6.09 Å². The summed E-state index contributed by atoms with van der Waals surface area (Å²) in [5, 5.41) is 13.2. The summed E-state index contributed by atoms with van der Waals surface area (Å²) in [6.07, 6.45) is 0.631. The first-order valence-electron chi connectivity index (χ1n) is 4.09. The van der Waals surface area contributed by atoms with Gasteiger partial charge in [0.1, 0.15) is 5.75 Å². The predicted molar refractivity (Wildman–Crippen MR) is 66.6 cm³/mol. The van der Waals surface area contributed by atoms with Crippen molar-refractivity contribution in [3.8, 4) is 5.75 Å². The molecule has 16 heavy (non-hydrogen) atoms. The summed E-state index contributed by atoms with van der Waals surface area (Å²) >= 11 is 6.44. The number of hydrazone groups is 1. The van der Waals surface area contributed by atoms with Crippen molar-refractivity contribution < 1.29 is 14.6 Å². The van der Waals surface area contributed by atoms with Crippen molar-refractivity contribution in [1.82, 2.24) is 5.43 Å². The summed E-state index contributed by atoms with van der Waals surface area (Å²) < 4.78 is 5.62. The SMILES string of the molecule is COC(=O)N/N=C/c1cc(Br)cc(Br)c1O. The van der Waals surface area contributed by atoms with E-state index in [1.165, 1.54) is 13.3 Å². The van der Waals surface area contributed by atoms with Gasteiger partial charge in [-0.2, -0.15) is 5.10 Å². The second-order valence-electron chi connectivity index (χ2n) is 2.69. The lowest BCUT2D eigenvalue weighted by Crippen LogP contribution is -2.16. The molecule has 0 saturated carbocycles. The van der Waals surface area contributed by atoms with Gasteiger partial charge in [-0.1, -0.05) is 15.9 Å². The molecule has 0 spiro atoms. The third kappa shape index (κ3) is 3.49. The molecular weight excluding hydrogens is 344 g/mol. The van der Waals surface area contributed by atoms with Gasteiger partial charge in [0.15, 0.2) is 0 Å². The van der Waals surface area contributed by atoms with Gasteiger partial charge in [-0.15, -0.1) is 0 Å². The highest BCUT2D eigenvalue weighted by atomic mass is 79.9. The minimum Gasteiger partial charge on any atom is -0.506 e. The van der Waals surface area contributed by atoms with Crippen LogP contribution in [0.2, 0.25) is 0 Å². The Kier molecular flexibility index (Phi) is 4.75. The average molecular weight is 352 g/mol. The summed E-state index contributed by atoms with van der Waals surface area (Å²) in [4.78, 5) is 10.7. The topological polar surface area (TPSA) is 70.9 Å². The Hall–Kier alpha value is -1.08. The minimum absolute atomic E-state index is 0.0404. The van der Waals surface area contributed by atoms with Crippen molar-refractivity contribution >= 4 is 44.2 Å². The summed E-state index contributed by atoms with van der Waals surface area (Å²) in [5.41, 5.74) is 2.57. The molecule has 0 unspecified atom stereocenters. The smallest absolute Gasteiger partial charge is 0.427 e. The zero-order valence-corrected chi connectivity index (χ0v) is 11.4. The molecule has 0 aliphatic rings. The van der Waals surface area contributed by atoms with Crippen molar-refractivity contribution in [2.75, 3.05) is 7.11 Å². The number of phenolic OH excluding ortho intramolecular Hbond substituents is 1. The second-order valence-corrected chi connectivity index (χ2v) is 4.46. The molecule has 0 aliphatic carbocycles. The lowest BCUT2D eigenvalue weighted by Gasteiger charge is -2.02. The van der Waals surface area contributed by atoms with Crippen LogP contribution in [-0.2, 0) is 4.74 Å². The van der Waals surface area contributed by atoms with E-state index in [0.717, 1.165) is 4.47 Å². The summed E-state index contributed by atoms with van der Waals surface area (Å²) in [6, 6.07) is 3.35. The van der Waals surface area contributed by atoms with Gasteiger partial charge in [-0.25, -0.2) is 10.2 Å². The van der Waals surface area contributed by atoms with Gasteiger partial charge in [0, 0.05) is 10.0 Å². The van der Waals surface area contributed by atoms with Gasteiger partial charge in [-0.05, 0) is 28.1 Å². The summed E-state index contributed by atoms with van der Waals surface area (Å²) in [7, 11) is 1.23. The maximum Gasteiger partial charge on any atom is 0.427 e. The molecule has 0 atom stereocenters.